The normalized spacial score (nSPS) is 11.3. The summed E-state index contributed by atoms with van der Waals surface area (Å²) in [6, 6.07) is 8.80. The van der Waals surface area contributed by atoms with Crippen LogP contribution in [0.5, 0.6) is 11.5 Å². The fourth-order valence-electron chi connectivity index (χ4n) is 2.47. The fraction of sp³-hybridized carbons (Fsp3) is 0.222. The molecule has 9 heteroatoms. The molecule has 0 aliphatic rings. The largest absolute Gasteiger partial charge is 0.508 e. The number of nitro groups is 1. The first-order chi connectivity index (χ1) is 12.8. The Morgan fingerprint density at radius 3 is 2.56 bits per heavy atom. The Hall–Kier alpha value is -3.62. The number of nitrogens with one attached hydrogen (secondary N) is 1. The van der Waals surface area contributed by atoms with Gasteiger partial charge in [-0.2, -0.15) is 0 Å². The summed E-state index contributed by atoms with van der Waals surface area (Å²) < 4.78 is 9.65. The SMILES string of the molecule is COC(=O)[C@@H](Cc1ccc(OC)c([N+](=O)[O-])c1)NC(=O)c1cccc(O)c1. The first kappa shape index (κ1) is 19.7. The van der Waals surface area contributed by atoms with E-state index < -0.39 is 22.8 Å². The molecule has 0 heterocycles. The van der Waals surface area contributed by atoms with Gasteiger partial charge in [-0.05, 0) is 29.8 Å². The van der Waals surface area contributed by atoms with Crippen molar-refractivity contribution in [3.63, 3.8) is 0 Å². The van der Waals surface area contributed by atoms with E-state index in [0.717, 1.165) is 0 Å². The second-order valence-corrected chi connectivity index (χ2v) is 5.57. The Morgan fingerprint density at radius 2 is 1.96 bits per heavy atom. The molecule has 27 heavy (non-hydrogen) atoms. The number of nitro benzene ring substituents is 1. The number of phenolic OH excluding ortho intramolecular Hbond substituents is 1. The summed E-state index contributed by atoms with van der Waals surface area (Å²) in [5.41, 5.74) is 0.344. The van der Waals surface area contributed by atoms with Crippen LogP contribution in [0.15, 0.2) is 42.5 Å². The third-order valence-electron chi connectivity index (χ3n) is 3.78. The summed E-state index contributed by atoms with van der Waals surface area (Å²) in [5.74, 6) is -1.31. The molecule has 9 nitrogen and oxygen atoms in total. The van der Waals surface area contributed by atoms with Gasteiger partial charge in [0.25, 0.3) is 5.91 Å². The van der Waals surface area contributed by atoms with E-state index in [1.807, 2.05) is 0 Å². The van der Waals surface area contributed by atoms with E-state index in [2.05, 4.69) is 5.32 Å². The van der Waals surface area contributed by atoms with E-state index in [4.69, 9.17) is 9.47 Å². The highest BCUT2D eigenvalue weighted by atomic mass is 16.6. The van der Waals surface area contributed by atoms with Crippen LogP contribution < -0.4 is 10.1 Å². The molecule has 0 bridgehead atoms. The number of amides is 1. The highest BCUT2D eigenvalue weighted by Crippen LogP contribution is 2.28. The second-order valence-electron chi connectivity index (χ2n) is 5.57. The van der Waals surface area contributed by atoms with Crippen molar-refractivity contribution in [1.82, 2.24) is 5.32 Å². The lowest BCUT2D eigenvalue weighted by Crippen LogP contribution is -2.43. The maximum Gasteiger partial charge on any atom is 0.328 e. The van der Waals surface area contributed by atoms with Crippen molar-refractivity contribution in [1.29, 1.82) is 0 Å². The average Bonchev–Trinajstić information content (AvgIpc) is 2.66. The quantitative estimate of drug-likeness (QED) is 0.430. The first-order valence-electron chi connectivity index (χ1n) is 7.84. The number of carbonyl (C=O) groups is 2. The molecule has 0 fully saturated rings. The zero-order valence-corrected chi connectivity index (χ0v) is 14.7. The highest BCUT2D eigenvalue weighted by molar-refractivity contribution is 5.97. The topological polar surface area (TPSA) is 128 Å². The van der Waals surface area contributed by atoms with Gasteiger partial charge in [0.1, 0.15) is 11.8 Å². The Kier molecular flexibility index (Phi) is 6.32. The van der Waals surface area contributed by atoms with E-state index >= 15 is 0 Å². The van der Waals surface area contributed by atoms with Crippen LogP contribution in [0.3, 0.4) is 0 Å². The van der Waals surface area contributed by atoms with Crippen molar-refractivity contribution < 1.29 is 29.1 Å². The van der Waals surface area contributed by atoms with Crippen molar-refractivity contribution in [3.8, 4) is 11.5 Å². The van der Waals surface area contributed by atoms with Gasteiger partial charge >= 0.3 is 11.7 Å². The molecular formula is C18H18N2O7. The van der Waals surface area contributed by atoms with Gasteiger partial charge in [-0.25, -0.2) is 4.79 Å². The average molecular weight is 374 g/mol. The van der Waals surface area contributed by atoms with Gasteiger partial charge < -0.3 is 19.9 Å². The van der Waals surface area contributed by atoms with Crippen LogP contribution in [0, 0.1) is 10.1 Å². The summed E-state index contributed by atoms with van der Waals surface area (Å²) in [6.07, 6.45) is -0.0257. The van der Waals surface area contributed by atoms with Gasteiger partial charge in [-0.15, -0.1) is 0 Å². The van der Waals surface area contributed by atoms with Gasteiger partial charge in [0.05, 0.1) is 19.1 Å². The molecular weight excluding hydrogens is 356 g/mol. The van der Waals surface area contributed by atoms with Crippen molar-refractivity contribution in [2.24, 2.45) is 0 Å². The molecule has 142 valence electrons. The molecule has 2 rings (SSSR count). The Balaban J connectivity index is 2.25. The third kappa shape index (κ3) is 4.94. The summed E-state index contributed by atoms with van der Waals surface area (Å²) in [4.78, 5) is 34.9. The molecule has 0 spiro atoms. The van der Waals surface area contributed by atoms with Crippen molar-refractivity contribution in [2.45, 2.75) is 12.5 Å². The van der Waals surface area contributed by atoms with E-state index in [9.17, 15) is 24.8 Å². The lowest BCUT2D eigenvalue weighted by atomic mass is 10.0. The van der Waals surface area contributed by atoms with Crippen LogP contribution in [-0.2, 0) is 16.0 Å². The molecule has 0 radical (unpaired) electrons. The lowest BCUT2D eigenvalue weighted by molar-refractivity contribution is -0.385. The zero-order valence-electron chi connectivity index (χ0n) is 14.7. The summed E-state index contributed by atoms with van der Waals surface area (Å²) >= 11 is 0. The monoisotopic (exact) mass is 374 g/mol. The number of esters is 1. The van der Waals surface area contributed by atoms with Crippen molar-refractivity contribution in [2.75, 3.05) is 14.2 Å². The Morgan fingerprint density at radius 1 is 1.22 bits per heavy atom. The van der Waals surface area contributed by atoms with Crippen LogP contribution in [0.1, 0.15) is 15.9 Å². The minimum atomic E-state index is -1.07. The summed E-state index contributed by atoms with van der Waals surface area (Å²) in [5, 5.41) is 23.1. The minimum Gasteiger partial charge on any atom is -0.508 e. The number of aromatic hydroxyl groups is 1. The number of hydrogen-bond donors (Lipinski definition) is 2. The molecule has 1 atom stereocenters. The number of ether oxygens (including phenoxy) is 2. The van der Waals surface area contributed by atoms with Crippen LogP contribution in [-0.4, -0.2) is 42.2 Å². The van der Waals surface area contributed by atoms with Gasteiger partial charge in [0, 0.05) is 18.1 Å². The number of carbonyl (C=O) groups excluding carboxylic acids is 2. The van der Waals surface area contributed by atoms with Crippen LogP contribution in [0.25, 0.3) is 0 Å². The Bertz CT molecular complexity index is 867. The Labute approximate surface area is 154 Å². The van der Waals surface area contributed by atoms with Gasteiger partial charge in [-0.3, -0.25) is 14.9 Å². The maximum absolute atomic E-state index is 12.3. The molecule has 0 unspecified atom stereocenters. The number of nitrogens with zero attached hydrogens (tertiary/aromatic N) is 1. The molecule has 0 aliphatic carbocycles. The van der Waals surface area contributed by atoms with E-state index in [1.165, 1.54) is 50.6 Å². The second kappa shape index (κ2) is 8.65. The minimum absolute atomic E-state index is 0.0257. The molecule has 2 N–H and O–H groups in total. The molecule has 0 saturated heterocycles. The predicted molar refractivity (Wildman–Crippen MR) is 94.7 cm³/mol. The molecule has 0 aliphatic heterocycles. The van der Waals surface area contributed by atoms with Crippen LogP contribution in [0.2, 0.25) is 0 Å². The smallest absolute Gasteiger partial charge is 0.328 e. The summed E-state index contributed by atoms with van der Waals surface area (Å²) in [7, 11) is 2.49. The summed E-state index contributed by atoms with van der Waals surface area (Å²) in [6.45, 7) is 0. The first-order valence-corrected chi connectivity index (χ1v) is 7.84. The number of benzene rings is 2. The lowest BCUT2D eigenvalue weighted by Gasteiger charge is -2.17. The predicted octanol–water partition coefficient (Wildman–Crippen LogP) is 1.82. The van der Waals surface area contributed by atoms with E-state index in [-0.39, 0.29) is 29.2 Å². The van der Waals surface area contributed by atoms with E-state index in [0.29, 0.717) is 5.56 Å². The highest BCUT2D eigenvalue weighted by Gasteiger charge is 2.24. The van der Waals surface area contributed by atoms with Gasteiger partial charge in [-0.1, -0.05) is 12.1 Å². The molecule has 0 aromatic heterocycles. The van der Waals surface area contributed by atoms with Crippen LogP contribution in [0.4, 0.5) is 5.69 Å². The molecule has 2 aromatic rings. The van der Waals surface area contributed by atoms with Gasteiger partial charge in [0.2, 0.25) is 0 Å². The molecule has 2 aromatic carbocycles. The van der Waals surface area contributed by atoms with Gasteiger partial charge in [0.15, 0.2) is 5.75 Å². The fourth-order valence-corrected chi connectivity index (χ4v) is 2.47. The maximum atomic E-state index is 12.3. The van der Waals surface area contributed by atoms with Crippen molar-refractivity contribution in [3.05, 3.63) is 63.7 Å². The molecule has 1 amide bonds. The van der Waals surface area contributed by atoms with Crippen molar-refractivity contribution >= 4 is 17.6 Å². The molecule has 0 saturated carbocycles. The number of rotatable bonds is 7. The number of methoxy groups -OCH3 is 2. The third-order valence-corrected chi connectivity index (χ3v) is 3.78. The van der Waals surface area contributed by atoms with E-state index in [1.54, 1.807) is 6.07 Å². The standard InChI is InChI=1S/C18H18N2O7/c1-26-16-7-6-11(9-15(16)20(24)25)8-14(18(23)27-2)19-17(22)12-4-3-5-13(21)10-12/h3-7,9-10,14,21H,8H2,1-2H3,(H,19,22)/t14-/m1/s1. The van der Waals surface area contributed by atoms with Crippen LogP contribution >= 0.6 is 0 Å². The zero-order chi connectivity index (χ0) is 20.0. The number of hydrogen-bond acceptors (Lipinski definition) is 7. The number of phenols is 1.